The zero-order valence-corrected chi connectivity index (χ0v) is 22.7. The minimum atomic E-state index is 0.0228. The number of hydrogen-bond donors (Lipinski definition) is 1. The Labute approximate surface area is 226 Å². The quantitative estimate of drug-likeness (QED) is 0.329. The molecule has 3 aliphatic rings. The molecule has 2 bridgehead atoms. The highest BCUT2D eigenvalue weighted by Crippen LogP contribution is 2.53. The van der Waals surface area contributed by atoms with E-state index >= 15 is 0 Å². The minimum absolute atomic E-state index is 0.0228. The molecule has 6 rings (SSSR count). The molecule has 1 aromatic heterocycles. The van der Waals surface area contributed by atoms with Crippen LogP contribution in [0.4, 0.5) is 0 Å². The highest BCUT2D eigenvalue weighted by Gasteiger charge is 2.43. The molecule has 5 nitrogen and oxygen atoms in total. The Morgan fingerprint density at radius 2 is 1.76 bits per heavy atom. The van der Waals surface area contributed by atoms with E-state index in [9.17, 15) is 9.59 Å². The number of rotatable bonds is 8. The third-order valence-electron chi connectivity index (χ3n) is 9.31. The summed E-state index contributed by atoms with van der Waals surface area (Å²) in [5, 5.41) is 4.25. The monoisotopic (exact) mass is 509 g/mol. The molecule has 3 heterocycles. The predicted octanol–water partition coefficient (Wildman–Crippen LogP) is 7.10. The van der Waals surface area contributed by atoms with Gasteiger partial charge in [0.2, 0.25) is 0 Å². The summed E-state index contributed by atoms with van der Waals surface area (Å²) in [7, 11) is 0. The van der Waals surface area contributed by atoms with Crippen molar-refractivity contribution in [3.8, 4) is 0 Å². The molecule has 2 fully saturated rings. The van der Waals surface area contributed by atoms with Gasteiger partial charge in [0.25, 0.3) is 5.91 Å². The number of pyridine rings is 1. The standard InChI is InChI=1S/C33H39N3O2/c1-3-5-31(37)23-10-14-25-28(20-23)30-16-15-29(25)36(30)19-17-22-8-11-24(12-9-22)35-33(38)27-13-7-21(2)32-26(27)6-4-18-34-32/h4,6-7,10,13-14,18,20,22,24,29-30H,3,5,8-9,11-12,15-17,19H2,1-2H3,(H,35,38)/t22?,24?,29-,30+/m0/s1. The van der Waals surface area contributed by atoms with Crippen LogP contribution in [-0.2, 0) is 0 Å². The number of aromatic nitrogens is 1. The van der Waals surface area contributed by atoms with Gasteiger partial charge >= 0.3 is 0 Å². The Morgan fingerprint density at radius 1 is 0.974 bits per heavy atom. The predicted molar refractivity (Wildman–Crippen MR) is 151 cm³/mol. The van der Waals surface area contributed by atoms with Gasteiger partial charge in [-0.3, -0.25) is 19.5 Å². The SMILES string of the molecule is CCCC(=O)c1ccc2c(c1)[C@H]1CC[C@@H]2N1CCC1CCC(NC(=O)c2ccc(C)c3ncccc23)CC1. The van der Waals surface area contributed by atoms with Crippen molar-refractivity contribution in [3.63, 3.8) is 0 Å². The van der Waals surface area contributed by atoms with E-state index in [0.29, 0.717) is 18.5 Å². The van der Waals surface area contributed by atoms with Gasteiger partial charge in [-0.25, -0.2) is 0 Å². The molecule has 0 spiro atoms. The highest BCUT2D eigenvalue weighted by molar-refractivity contribution is 6.07. The lowest BCUT2D eigenvalue weighted by atomic mass is 9.84. The number of ketones is 1. The molecule has 1 saturated carbocycles. The average Bonchev–Trinajstić information content (AvgIpc) is 3.49. The summed E-state index contributed by atoms with van der Waals surface area (Å²) in [6.07, 6.45) is 11.4. The van der Waals surface area contributed by atoms with Crippen LogP contribution >= 0.6 is 0 Å². The van der Waals surface area contributed by atoms with Gasteiger partial charge in [-0.1, -0.05) is 31.2 Å². The number of fused-ring (bicyclic) bond motifs is 6. The fraction of sp³-hybridized carbons (Fsp3) is 0.485. The number of hydrogen-bond acceptors (Lipinski definition) is 4. The van der Waals surface area contributed by atoms with Gasteiger partial charge < -0.3 is 5.32 Å². The summed E-state index contributed by atoms with van der Waals surface area (Å²) >= 11 is 0. The number of nitrogens with one attached hydrogen (secondary N) is 1. The number of benzene rings is 2. The topological polar surface area (TPSA) is 62.3 Å². The van der Waals surface area contributed by atoms with Crippen LogP contribution in [0.5, 0.6) is 0 Å². The van der Waals surface area contributed by atoms with Gasteiger partial charge in [0.15, 0.2) is 5.78 Å². The second kappa shape index (κ2) is 10.6. The van der Waals surface area contributed by atoms with Gasteiger partial charge in [-0.05, 0) is 106 Å². The zero-order valence-electron chi connectivity index (χ0n) is 22.7. The fourth-order valence-electron chi connectivity index (χ4n) is 7.26. The molecule has 2 aromatic carbocycles. The van der Waals surface area contributed by atoms with E-state index in [1.54, 1.807) is 6.20 Å². The van der Waals surface area contributed by atoms with Crippen molar-refractivity contribution >= 4 is 22.6 Å². The first-order valence-electron chi connectivity index (χ1n) is 14.6. The molecule has 1 amide bonds. The number of amides is 1. The molecule has 0 radical (unpaired) electrons. The molecule has 198 valence electrons. The molecule has 2 atom stereocenters. The molecule has 1 N–H and O–H groups in total. The Balaban J connectivity index is 1.02. The fourth-order valence-corrected chi connectivity index (χ4v) is 7.26. The van der Waals surface area contributed by atoms with Gasteiger partial charge in [0, 0.05) is 47.3 Å². The molecule has 0 unspecified atom stereocenters. The minimum Gasteiger partial charge on any atom is -0.349 e. The maximum Gasteiger partial charge on any atom is 0.252 e. The first kappa shape index (κ1) is 25.2. The molecular formula is C33H39N3O2. The molecular weight excluding hydrogens is 470 g/mol. The maximum atomic E-state index is 13.1. The van der Waals surface area contributed by atoms with E-state index in [1.165, 1.54) is 43.2 Å². The van der Waals surface area contributed by atoms with Crippen molar-refractivity contribution in [2.45, 2.75) is 89.8 Å². The summed E-state index contributed by atoms with van der Waals surface area (Å²) in [4.78, 5) is 32.8. The Kier molecular flexibility index (Phi) is 7.05. The van der Waals surface area contributed by atoms with Crippen LogP contribution in [0.15, 0.2) is 48.7 Å². The van der Waals surface area contributed by atoms with Crippen molar-refractivity contribution in [2.24, 2.45) is 5.92 Å². The molecule has 2 aliphatic heterocycles. The summed E-state index contributed by atoms with van der Waals surface area (Å²) in [5.74, 6) is 1.02. The van der Waals surface area contributed by atoms with Crippen LogP contribution in [0.3, 0.4) is 0 Å². The molecule has 1 saturated heterocycles. The third kappa shape index (κ3) is 4.66. The van der Waals surface area contributed by atoms with Crippen molar-refractivity contribution in [3.05, 3.63) is 76.5 Å². The van der Waals surface area contributed by atoms with Crippen LogP contribution in [0.1, 0.15) is 114 Å². The summed E-state index contributed by atoms with van der Waals surface area (Å²) in [6.45, 7) is 5.24. The number of nitrogens with zero attached hydrogens (tertiary/aromatic N) is 2. The Morgan fingerprint density at radius 3 is 2.55 bits per heavy atom. The zero-order chi connectivity index (χ0) is 26.2. The van der Waals surface area contributed by atoms with Crippen molar-refractivity contribution in [1.29, 1.82) is 0 Å². The highest BCUT2D eigenvalue weighted by atomic mass is 16.1. The lowest BCUT2D eigenvalue weighted by Gasteiger charge is -2.31. The summed E-state index contributed by atoms with van der Waals surface area (Å²) in [6, 6.07) is 15.6. The van der Waals surface area contributed by atoms with E-state index in [-0.39, 0.29) is 17.7 Å². The lowest BCUT2D eigenvalue weighted by Crippen LogP contribution is -2.38. The third-order valence-corrected chi connectivity index (χ3v) is 9.31. The van der Waals surface area contributed by atoms with Gasteiger partial charge in [0.1, 0.15) is 0 Å². The normalized spacial score (nSPS) is 24.5. The van der Waals surface area contributed by atoms with E-state index in [2.05, 4.69) is 40.3 Å². The number of carbonyl (C=O) groups excluding carboxylic acids is 2. The van der Waals surface area contributed by atoms with Crippen molar-refractivity contribution in [2.75, 3.05) is 6.54 Å². The second-order valence-electron chi connectivity index (χ2n) is 11.7. The van der Waals surface area contributed by atoms with Crippen LogP contribution in [-0.4, -0.2) is 34.2 Å². The number of carbonyl (C=O) groups is 2. The first-order valence-corrected chi connectivity index (χ1v) is 14.6. The van der Waals surface area contributed by atoms with Crippen LogP contribution < -0.4 is 5.32 Å². The largest absolute Gasteiger partial charge is 0.349 e. The molecule has 5 heteroatoms. The van der Waals surface area contributed by atoms with Crippen molar-refractivity contribution in [1.82, 2.24) is 15.2 Å². The van der Waals surface area contributed by atoms with E-state index in [0.717, 1.165) is 59.3 Å². The van der Waals surface area contributed by atoms with E-state index < -0.39 is 0 Å². The molecule has 3 aromatic rings. The number of Topliss-reactive ketones (excluding diaryl/α,β-unsaturated/α-hetero) is 1. The van der Waals surface area contributed by atoms with Crippen LogP contribution in [0.25, 0.3) is 10.9 Å². The Hall–Kier alpha value is -3.05. The second-order valence-corrected chi connectivity index (χ2v) is 11.7. The molecule has 38 heavy (non-hydrogen) atoms. The van der Waals surface area contributed by atoms with Crippen LogP contribution in [0.2, 0.25) is 0 Å². The van der Waals surface area contributed by atoms with Gasteiger partial charge in [-0.15, -0.1) is 0 Å². The molecule has 1 aliphatic carbocycles. The first-order chi connectivity index (χ1) is 18.5. The van der Waals surface area contributed by atoms with E-state index in [4.69, 9.17) is 0 Å². The van der Waals surface area contributed by atoms with Gasteiger partial charge in [0.05, 0.1) is 5.52 Å². The average molecular weight is 510 g/mol. The lowest BCUT2D eigenvalue weighted by molar-refractivity contribution is 0.0919. The van der Waals surface area contributed by atoms with Gasteiger partial charge in [-0.2, -0.15) is 0 Å². The Bertz CT molecular complexity index is 1360. The summed E-state index contributed by atoms with van der Waals surface area (Å²) < 4.78 is 0. The number of aryl methyl sites for hydroxylation is 1. The van der Waals surface area contributed by atoms with Crippen molar-refractivity contribution < 1.29 is 9.59 Å². The maximum absolute atomic E-state index is 13.1. The van der Waals surface area contributed by atoms with Crippen LogP contribution in [0, 0.1) is 12.8 Å². The smallest absolute Gasteiger partial charge is 0.252 e. The van der Waals surface area contributed by atoms with E-state index in [1.807, 2.05) is 31.2 Å². The summed E-state index contributed by atoms with van der Waals surface area (Å²) in [5.41, 5.74) is 6.49.